The van der Waals surface area contributed by atoms with Gasteiger partial charge in [0.15, 0.2) is 0 Å². The van der Waals surface area contributed by atoms with E-state index in [2.05, 4.69) is 10.1 Å². The standard InChI is InChI=1S/C13H16N2O3/c1-8-6-5-7-9(10(8)16)11-14-12(15-18-11)13(2,3)17-4/h5-7,16H,1-4H3. The fourth-order valence-electron chi connectivity index (χ4n) is 1.50. The van der Waals surface area contributed by atoms with Crippen molar-refractivity contribution >= 4 is 0 Å². The molecule has 0 aliphatic heterocycles. The largest absolute Gasteiger partial charge is 0.507 e. The summed E-state index contributed by atoms with van der Waals surface area (Å²) in [5.41, 5.74) is 0.667. The van der Waals surface area contributed by atoms with Crippen molar-refractivity contribution in [3.8, 4) is 17.2 Å². The van der Waals surface area contributed by atoms with Gasteiger partial charge in [0.05, 0.1) is 5.56 Å². The van der Waals surface area contributed by atoms with Gasteiger partial charge in [0, 0.05) is 7.11 Å². The maximum atomic E-state index is 9.96. The minimum absolute atomic E-state index is 0.155. The highest BCUT2D eigenvalue weighted by Gasteiger charge is 2.27. The SMILES string of the molecule is COC(C)(C)c1noc(-c2cccc(C)c2O)n1. The van der Waals surface area contributed by atoms with Crippen LogP contribution >= 0.6 is 0 Å². The molecule has 1 heterocycles. The third kappa shape index (κ3) is 2.09. The molecule has 0 atom stereocenters. The molecule has 1 aromatic carbocycles. The van der Waals surface area contributed by atoms with Gasteiger partial charge in [-0.15, -0.1) is 0 Å². The smallest absolute Gasteiger partial charge is 0.261 e. The average Bonchev–Trinajstić information content (AvgIpc) is 2.82. The number of nitrogens with zero attached hydrogens (tertiary/aromatic N) is 2. The highest BCUT2D eigenvalue weighted by molar-refractivity contribution is 5.64. The summed E-state index contributed by atoms with van der Waals surface area (Å²) in [7, 11) is 1.58. The van der Waals surface area contributed by atoms with E-state index in [1.54, 1.807) is 13.2 Å². The first-order valence-corrected chi connectivity index (χ1v) is 5.64. The van der Waals surface area contributed by atoms with Gasteiger partial charge in [0.2, 0.25) is 5.82 Å². The minimum atomic E-state index is -0.624. The molecule has 2 aromatic rings. The van der Waals surface area contributed by atoms with Gasteiger partial charge in [-0.3, -0.25) is 0 Å². The van der Waals surface area contributed by atoms with Gasteiger partial charge >= 0.3 is 0 Å². The van der Waals surface area contributed by atoms with Crippen molar-refractivity contribution in [1.82, 2.24) is 10.1 Å². The molecule has 0 spiro atoms. The average molecular weight is 248 g/mol. The van der Waals surface area contributed by atoms with E-state index in [1.807, 2.05) is 32.9 Å². The fourth-order valence-corrected chi connectivity index (χ4v) is 1.50. The zero-order valence-corrected chi connectivity index (χ0v) is 10.9. The Morgan fingerprint density at radius 1 is 1.33 bits per heavy atom. The summed E-state index contributed by atoms with van der Waals surface area (Å²) >= 11 is 0. The lowest BCUT2D eigenvalue weighted by molar-refractivity contribution is 0.00973. The van der Waals surface area contributed by atoms with Crippen LogP contribution in [0.5, 0.6) is 5.75 Å². The summed E-state index contributed by atoms with van der Waals surface area (Å²) in [4.78, 5) is 4.26. The Kier molecular flexibility index (Phi) is 3.09. The number of benzene rings is 1. The lowest BCUT2D eigenvalue weighted by Crippen LogP contribution is -2.21. The highest BCUT2D eigenvalue weighted by atomic mass is 16.5. The number of phenols is 1. The molecule has 0 fully saturated rings. The van der Waals surface area contributed by atoms with Crippen LogP contribution in [0.15, 0.2) is 22.7 Å². The summed E-state index contributed by atoms with van der Waals surface area (Å²) in [5, 5.41) is 13.8. The normalized spacial score (nSPS) is 11.8. The predicted octanol–water partition coefficient (Wildman–Crippen LogP) is 2.63. The Morgan fingerprint density at radius 3 is 2.72 bits per heavy atom. The van der Waals surface area contributed by atoms with E-state index in [0.29, 0.717) is 11.4 Å². The number of methoxy groups -OCH3 is 1. The number of hydrogen-bond acceptors (Lipinski definition) is 5. The summed E-state index contributed by atoms with van der Waals surface area (Å²) in [6, 6.07) is 5.38. The molecule has 0 aliphatic carbocycles. The summed E-state index contributed by atoms with van der Waals surface area (Å²) in [5.74, 6) is 0.889. The molecule has 96 valence electrons. The predicted molar refractivity (Wildman–Crippen MR) is 66.2 cm³/mol. The number of ether oxygens (including phenoxy) is 1. The summed E-state index contributed by atoms with van der Waals surface area (Å²) < 4.78 is 10.5. The van der Waals surface area contributed by atoms with Crippen molar-refractivity contribution in [2.75, 3.05) is 7.11 Å². The molecule has 0 bridgehead atoms. The number of aromatic hydroxyl groups is 1. The van der Waals surface area contributed by atoms with Crippen LogP contribution in [0.1, 0.15) is 25.2 Å². The van der Waals surface area contributed by atoms with Gasteiger partial charge in [0.1, 0.15) is 11.4 Å². The number of aryl methyl sites for hydroxylation is 1. The third-order valence-electron chi connectivity index (χ3n) is 2.94. The fraction of sp³-hybridized carbons (Fsp3) is 0.385. The Hall–Kier alpha value is -1.88. The second-order valence-corrected chi connectivity index (χ2v) is 4.61. The van der Waals surface area contributed by atoms with Crippen molar-refractivity contribution in [3.05, 3.63) is 29.6 Å². The molecule has 1 aromatic heterocycles. The van der Waals surface area contributed by atoms with Crippen LogP contribution in [0.2, 0.25) is 0 Å². The first kappa shape index (κ1) is 12.6. The molecule has 0 saturated heterocycles. The maximum Gasteiger partial charge on any atom is 0.261 e. The van der Waals surface area contributed by atoms with E-state index in [-0.39, 0.29) is 11.6 Å². The lowest BCUT2D eigenvalue weighted by atomic mass is 10.1. The second-order valence-electron chi connectivity index (χ2n) is 4.61. The molecule has 5 nitrogen and oxygen atoms in total. The second kappa shape index (κ2) is 4.42. The van der Waals surface area contributed by atoms with Crippen LogP contribution in [-0.2, 0) is 10.3 Å². The first-order chi connectivity index (χ1) is 8.45. The Bertz CT molecular complexity index is 561. The first-order valence-electron chi connectivity index (χ1n) is 5.64. The monoisotopic (exact) mass is 248 g/mol. The van der Waals surface area contributed by atoms with E-state index >= 15 is 0 Å². The van der Waals surface area contributed by atoms with Crippen LogP contribution < -0.4 is 0 Å². The quantitative estimate of drug-likeness (QED) is 0.904. The molecule has 0 aliphatic rings. The van der Waals surface area contributed by atoms with E-state index in [0.717, 1.165) is 5.56 Å². The number of rotatable bonds is 3. The van der Waals surface area contributed by atoms with E-state index in [9.17, 15) is 5.11 Å². The molecule has 5 heteroatoms. The van der Waals surface area contributed by atoms with Crippen LogP contribution in [0.4, 0.5) is 0 Å². The van der Waals surface area contributed by atoms with Crippen molar-refractivity contribution < 1.29 is 14.4 Å². The van der Waals surface area contributed by atoms with E-state index < -0.39 is 5.60 Å². The van der Waals surface area contributed by atoms with Gasteiger partial charge in [0.25, 0.3) is 5.89 Å². The van der Waals surface area contributed by atoms with E-state index in [4.69, 9.17) is 9.26 Å². The van der Waals surface area contributed by atoms with Crippen molar-refractivity contribution in [3.63, 3.8) is 0 Å². The Morgan fingerprint density at radius 2 is 2.06 bits per heavy atom. The highest BCUT2D eigenvalue weighted by Crippen LogP contribution is 2.32. The zero-order valence-electron chi connectivity index (χ0n) is 10.9. The van der Waals surface area contributed by atoms with Crippen molar-refractivity contribution in [1.29, 1.82) is 0 Å². The third-order valence-corrected chi connectivity index (χ3v) is 2.94. The topological polar surface area (TPSA) is 68.4 Å². The van der Waals surface area contributed by atoms with Gasteiger partial charge < -0.3 is 14.4 Å². The van der Waals surface area contributed by atoms with Crippen LogP contribution in [0, 0.1) is 6.92 Å². The number of phenolic OH excluding ortho intramolecular Hbond substituents is 1. The lowest BCUT2D eigenvalue weighted by Gasteiger charge is -2.17. The molecule has 0 radical (unpaired) electrons. The Balaban J connectivity index is 2.45. The zero-order chi connectivity index (χ0) is 13.3. The molecule has 2 rings (SSSR count). The Labute approximate surface area is 105 Å². The molecule has 18 heavy (non-hydrogen) atoms. The number of aromatic nitrogens is 2. The summed E-state index contributed by atoms with van der Waals surface area (Å²) in [6.07, 6.45) is 0. The van der Waals surface area contributed by atoms with Gasteiger partial charge in [-0.25, -0.2) is 0 Å². The van der Waals surface area contributed by atoms with Gasteiger partial charge in [-0.2, -0.15) is 4.98 Å². The number of hydrogen-bond donors (Lipinski definition) is 1. The van der Waals surface area contributed by atoms with Crippen LogP contribution in [0.25, 0.3) is 11.5 Å². The molecule has 1 N–H and O–H groups in total. The maximum absolute atomic E-state index is 9.96. The molecule has 0 amide bonds. The van der Waals surface area contributed by atoms with Crippen molar-refractivity contribution in [2.45, 2.75) is 26.4 Å². The van der Waals surface area contributed by atoms with Crippen LogP contribution in [-0.4, -0.2) is 22.4 Å². The molecular weight excluding hydrogens is 232 g/mol. The van der Waals surface area contributed by atoms with Crippen LogP contribution in [0.3, 0.4) is 0 Å². The molecular formula is C13H16N2O3. The minimum Gasteiger partial charge on any atom is -0.507 e. The number of para-hydroxylation sites is 1. The van der Waals surface area contributed by atoms with Gasteiger partial charge in [-0.1, -0.05) is 17.3 Å². The van der Waals surface area contributed by atoms with Gasteiger partial charge in [-0.05, 0) is 32.4 Å². The molecule has 0 unspecified atom stereocenters. The van der Waals surface area contributed by atoms with E-state index in [1.165, 1.54) is 0 Å². The molecule has 0 saturated carbocycles. The summed E-state index contributed by atoms with van der Waals surface area (Å²) in [6.45, 7) is 5.50. The van der Waals surface area contributed by atoms with Crippen molar-refractivity contribution in [2.24, 2.45) is 0 Å².